The zero-order valence-corrected chi connectivity index (χ0v) is 9.47. The average Bonchev–Trinajstić information content (AvgIpc) is 2.34. The highest BCUT2D eigenvalue weighted by molar-refractivity contribution is 6.32. The number of nitrogens with zero attached hydrogens (tertiary/aromatic N) is 3. The maximum atomic E-state index is 10.6. The fourth-order valence-corrected chi connectivity index (χ4v) is 1.25. The molecule has 18 heavy (non-hydrogen) atoms. The summed E-state index contributed by atoms with van der Waals surface area (Å²) in [5, 5.41) is 39.3. The SMILES string of the molecule is N#CC(C#N)=CNc1cc([N+](=O)[O-])cc(Cl)c1O. The second kappa shape index (κ2) is 5.53. The fraction of sp³-hybridized carbons (Fsp3) is 0. The van der Waals surface area contributed by atoms with Gasteiger partial charge in [-0.2, -0.15) is 10.5 Å². The Balaban J connectivity index is 3.18. The summed E-state index contributed by atoms with van der Waals surface area (Å²) < 4.78 is 0. The molecule has 1 aromatic rings. The molecule has 90 valence electrons. The number of rotatable bonds is 3. The van der Waals surface area contributed by atoms with Crippen molar-refractivity contribution in [2.24, 2.45) is 0 Å². The van der Waals surface area contributed by atoms with Gasteiger partial charge >= 0.3 is 0 Å². The number of nitro groups is 1. The molecule has 0 fully saturated rings. The smallest absolute Gasteiger partial charge is 0.273 e. The Morgan fingerprint density at radius 3 is 2.61 bits per heavy atom. The van der Waals surface area contributed by atoms with Crippen LogP contribution in [-0.4, -0.2) is 10.0 Å². The number of aromatic hydroxyl groups is 1. The summed E-state index contributed by atoms with van der Waals surface area (Å²) in [6.07, 6.45) is 1.01. The maximum Gasteiger partial charge on any atom is 0.273 e. The molecule has 0 saturated carbocycles. The Hall–Kier alpha value is -2.77. The van der Waals surface area contributed by atoms with Crippen molar-refractivity contribution in [3.05, 3.63) is 39.0 Å². The van der Waals surface area contributed by atoms with Gasteiger partial charge in [-0.25, -0.2) is 0 Å². The van der Waals surface area contributed by atoms with Gasteiger partial charge in [0.25, 0.3) is 5.69 Å². The lowest BCUT2D eigenvalue weighted by molar-refractivity contribution is -0.384. The molecule has 0 bridgehead atoms. The normalized spacial score (nSPS) is 8.83. The van der Waals surface area contributed by atoms with Crippen LogP contribution in [0.15, 0.2) is 23.9 Å². The van der Waals surface area contributed by atoms with Crippen molar-refractivity contribution in [2.75, 3.05) is 5.32 Å². The van der Waals surface area contributed by atoms with E-state index < -0.39 is 10.7 Å². The second-order valence-corrected chi connectivity index (χ2v) is 3.41. The minimum absolute atomic E-state index is 0.0720. The number of hydrogen-bond acceptors (Lipinski definition) is 6. The van der Waals surface area contributed by atoms with Crippen LogP contribution in [0.2, 0.25) is 5.02 Å². The number of nitrogens with one attached hydrogen (secondary N) is 1. The van der Waals surface area contributed by atoms with E-state index in [0.717, 1.165) is 18.3 Å². The Kier molecular flexibility index (Phi) is 4.08. The molecule has 2 N–H and O–H groups in total. The van der Waals surface area contributed by atoms with E-state index in [9.17, 15) is 15.2 Å². The zero-order valence-electron chi connectivity index (χ0n) is 8.72. The first-order valence-electron chi connectivity index (χ1n) is 4.43. The van der Waals surface area contributed by atoms with Gasteiger partial charge in [0.15, 0.2) is 5.75 Å². The van der Waals surface area contributed by atoms with Gasteiger partial charge in [-0.05, 0) is 0 Å². The number of nitriles is 2. The third-order valence-electron chi connectivity index (χ3n) is 1.87. The lowest BCUT2D eigenvalue weighted by Crippen LogP contribution is -1.94. The third-order valence-corrected chi connectivity index (χ3v) is 2.16. The third kappa shape index (κ3) is 2.88. The number of non-ortho nitro benzene ring substituents is 1. The molecule has 0 aromatic heterocycles. The van der Waals surface area contributed by atoms with Gasteiger partial charge in [0.2, 0.25) is 0 Å². The number of benzene rings is 1. The molecule has 0 spiro atoms. The molecule has 8 heteroatoms. The van der Waals surface area contributed by atoms with Crippen molar-refractivity contribution in [3.63, 3.8) is 0 Å². The van der Waals surface area contributed by atoms with E-state index in [0.29, 0.717) is 0 Å². The number of halogens is 1. The van der Waals surface area contributed by atoms with Crippen molar-refractivity contribution in [1.29, 1.82) is 10.5 Å². The first-order valence-corrected chi connectivity index (χ1v) is 4.81. The lowest BCUT2D eigenvalue weighted by Gasteiger charge is -2.05. The van der Waals surface area contributed by atoms with Crippen molar-refractivity contribution in [3.8, 4) is 17.9 Å². The molecule has 0 atom stereocenters. The molecule has 7 nitrogen and oxygen atoms in total. The summed E-state index contributed by atoms with van der Waals surface area (Å²) >= 11 is 5.60. The van der Waals surface area contributed by atoms with Crippen LogP contribution in [0.3, 0.4) is 0 Å². The van der Waals surface area contributed by atoms with Gasteiger partial charge in [0.05, 0.1) is 15.6 Å². The molecule has 0 saturated heterocycles. The summed E-state index contributed by atoms with van der Waals surface area (Å²) in [5.41, 5.74) is -0.654. The minimum Gasteiger partial charge on any atom is -0.504 e. The molecule has 0 aliphatic carbocycles. The number of nitro benzene ring substituents is 1. The molecule has 1 rings (SSSR count). The van der Waals surface area contributed by atoms with Crippen LogP contribution in [0.1, 0.15) is 0 Å². The average molecular weight is 265 g/mol. The highest BCUT2D eigenvalue weighted by Gasteiger charge is 2.14. The van der Waals surface area contributed by atoms with E-state index >= 15 is 0 Å². The maximum absolute atomic E-state index is 10.6. The molecular weight excluding hydrogens is 260 g/mol. The van der Waals surface area contributed by atoms with E-state index in [2.05, 4.69) is 5.32 Å². The molecular formula is C10H5ClN4O3. The highest BCUT2D eigenvalue weighted by atomic mass is 35.5. The molecule has 0 aliphatic heterocycles. The van der Waals surface area contributed by atoms with Gasteiger partial charge in [-0.3, -0.25) is 10.1 Å². The summed E-state index contributed by atoms with van der Waals surface area (Å²) in [6, 6.07) is 5.18. The number of allylic oxidation sites excluding steroid dienone is 1. The number of hydrogen-bond donors (Lipinski definition) is 2. The standard InChI is InChI=1S/C10H5ClN4O3/c11-8-1-7(15(17)18)2-9(10(8)16)14-5-6(3-12)4-13/h1-2,5,14,16H. The van der Waals surface area contributed by atoms with Crippen LogP contribution in [0.5, 0.6) is 5.75 Å². The van der Waals surface area contributed by atoms with Crippen LogP contribution in [0, 0.1) is 32.8 Å². The number of phenolic OH excluding ortho intramolecular Hbond substituents is 1. The quantitative estimate of drug-likeness (QED) is 0.374. The second-order valence-electron chi connectivity index (χ2n) is 3.01. The number of anilines is 1. The van der Waals surface area contributed by atoms with Gasteiger partial charge in [-0.15, -0.1) is 0 Å². The van der Waals surface area contributed by atoms with Crippen molar-refractivity contribution in [1.82, 2.24) is 0 Å². The predicted octanol–water partition coefficient (Wildman–Crippen LogP) is 2.30. The van der Waals surface area contributed by atoms with Crippen molar-refractivity contribution >= 4 is 23.0 Å². The lowest BCUT2D eigenvalue weighted by atomic mass is 10.2. The summed E-state index contributed by atoms with van der Waals surface area (Å²) in [4.78, 5) is 9.90. The van der Waals surface area contributed by atoms with Crippen LogP contribution < -0.4 is 5.32 Å². The van der Waals surface area contributed by atoms with E-state index in [1.807, 2.05) is 0 Å². The predicted molar refractivity (Wildman–Crippen MR) is 62.7 cm³/mol. The van der Waals surface area contributed by atoms with E-state index in [-0.39, 0.29) is 22.0 Å². The Bertz CT molecular complexity index is 597. The van der Waals surface area contributed by atoms with Gasteiger partial charge in [-0.1, -0.05) is 11.6 Å². The first kappa shape index (κ1) is 13.3. The largest absolute Gasteiger partial charge is 0.504 e. The molecule has 0 heterocycles. The zero-order chi connectivity index (χ0) is 13.7. The van der Waals surface area contributed by atoms with Crippen LogP contribution in [0.25, 0.3) is 0 Å². The topological polar surface area (TPSA) is 123 Å². The van der Waals surface area contributed by atoms with Crippen molar-refractivity contribution < 1.29 is 10.0 Å². The van der Waals surface area contributed by atoms with E-state index in [1.54, 1.807) is 12.1 Å². The monoisotopic (exact) mass is 264 g/mol. The summed E-state index contributed by atoms with van der Waals surface area (Å²) in [7, 11) is 0. The minimum atomic E-state index is -0.685. The van der Waals surface area contributed by atoms with E-state index in [1.165, 1.54) is 0 Å². The van der Waals surface area contributed by atoms with Crippen molar-refractivity contribution in [2.45, 2.75) is 0 Å². The summed E-state index contributed by atoms with van der Waals surface area (Å²) in [6.45, 7) is 0. The highest BCUT2D eigenvalue weighted by Crippen LogP contribution is 2.36. The van der Waals surface area contributed by atoms with E-state index in [4.69, 9.17) is 22.1 Å². The Morgan fingerprint density at radius 1 is 1.50 bits per heavy atom. The van der Waals surface area contributed by atoms with Crippen LogP contribution in [-0.2, 0) is 0 Å². The Morgan fingerprint density at radius 2 is 2.11 bits per heavy atom. The van der Waals surface area contributed by atoms with Gasteiger partial charge < -0.3 is 10.4 Å². The van der Waals surface area contributed by atoms with Gasteiger partial charge in [0, 0.05) is 18.3 Å². The Labute approximate surface area is 106 Å². The van der Waals surface area contributed by atoms with Crippen LogP contribution >= 0.6 is 11.6 Å². The summed E-state index contributed by atoms with van der Waals surface area (Å²) in [5.74, 6) is -0.409. The fourth-order valence-electron chi connectivity index (χ4n) is 1.04. The van der Waals surface area contributed by atoms with Gasteiger partial charge in [0.1, 0.15) is 17.7 Å². The molecule has 1 aromatic carbocycles. The molecule has 0 amide bonds. The molecule has 0 aliphatic rings. The van der Waals surface area contributed by atoms with Crippen LogP contribution in [0.4, 0.5) is 11.4 Å². The number of phenols is 1. The first-order chi connectivity index (χ1) is 8.49. The molecule has 0 radical (unpaired) electrons. The molecule has 0 unspecified atom stereocenters.